The van der Waals surface area contributed by atoms with Crippen LogP contribution < -0.4 is 0 Å². The van der Waals surface area contributed by atoms with E-state index in [9.17, 15) is 14.5 Å². The fraction of sp³-hybridized carbons (Fsp3) is 0. The highest BCUT2D eigenvalue weighted by Gasteiger charge is 2.09. The fourth-order valence-electron chi connectivity index (χ4n) is 0.893. The van der Waals surface area contributed by atoms with Gasteiger partial charge >= 0.3 is 0 Å². The molecule has 0 saturated heterocycles. The largest absolute Gasteiger partial charge is 0.276 e. The van der Waals surface area contributed by atoms with Crippen LogP contribution >= 0.6 is 15.9 Å². The average molecular weight is 246 g/mol. The second kappa shape index (κ2) is 4.13. The van der Waals surface area contributed by atoms with Crippen molar-refractivity contribution >= 4 is 27.7 Å². The molecule has 0 bridgehead atoms. The van der Waals surface area contributed by atoms with E-state index in [1.54, 1.807) is 6.07 Å². The van der Waals surface area contributed by atoms with Crippen LogP contribution in [0.5, 0.6) is 0 Å². The van der Waals surface area contributed by atoms with Crippen LogP contribution in [0, 0.1) is 10.1 Å². The SMILES string of the molecule is O=[N+]([O-])c1ccccc1/C=C(\F)Br. The van der Waals surface area contributed by atoms with E-state index in [-0.39, 0.29) is 11.3 Å². The van der Waals surface area contributed by atoms with E-state index >= 15 is 0 Å². The van der Waals surface area contributed by atoms with Crippen LogP contribution in [0.3, 0.4) is 0 Å². The molecule has 68 valence electrons. The standard InChI is InChI=1S/C8H5BrFNO2/c9-8(10)5-6-3-1-2-4-7(6)11(12)13/h1-5H/b8-5-. The van der Waals surface area contributed by atoms with E-state index in [4.69, 9.17) is 0 Å². The summed E-state index contributed by atoms with van der Waals surface area (Å²) in [7, 11) is 0. The third-order valence-corrected chi connectivity index (χ3v) is 1.63. The van der Waals surface area contributed by atoms with Crippen molar-refractivity contribution in [2.75, 3.05) is 0 Å². The Kier molecular flexibility index (Phi) is 3.13. The lowest BCUT2D eigenvalue weighted by molar-refractivity contribution is -0.385. The summed E-state index contributed by atoms with van der Waals surface area (Å²) in [5.41, 5.74) is 0.124. The van der Waals surface area contributed by atoms with E-state index < -0.39 is 9.66 Å². The van der Waals surface area contributed by atoms with Crippen LogP contribution in [0.25, 0.3) is 6.08 Å². The van der Waals surface area contributed by atoms with Crippen LogP contribution in [0.15, 0.2) is 29.0 Å². The summed E-state index contributed by atoms with van der Waals surface area (Å²) in [6.45, 7) is 0. The van der Waals surface area contributed by atoms with E-state index in [0.29, 0.717) is 0 Å². The molecule has 0 atom stereocenters. The molecule has 0 saturated carbocycles. The van der Waals surface area contributed by atoms with Gasteiger partial charge in [0.25, 0.3) is 5.69 Å². The number of nitro benzene ring substituents is 1. The summed E-state index contributed by atoms with van der Waals surface area (Å²) in [5.74, 6) is 0. The van der Waals surface area contributed by atoms with Crippen LogP contribution in [0.1, 0.15) is 5.56 Å². The summed E-state index contributed by atoms with van der Waals surface area (Å²) in [5, 5.41) is 10.4. The lowest BCUT2D eigenvalue weighted by atomic mass is 10.2. The van der Waals surface area contributed by atoms with Crippen molar-refractivity contribution in [3.63, 3.8) is 0 Å². The number of hydrogen-bond acceptors (Lipinski definition) is 2. The zero-order valence-corrected chi connectivity index (χ0v) is 7.99. The van der Waals surface area contributed by atoms with E-state index in [1.807, 2.05) is 0 Å². The predicted octanol–water partition coefficient (Wildman–Crippen LogP) is 3.26. The van der Waals surface area contributed by atoms with Gasteiger partial charge in [0, 0.05) is 6.07 Å². The summed E-state index contributed by atoms with van der Waals surface area (Å²) in [4.78, 5) is 9.89. The minimum absolute atomic E-state index is 0.114. The zero-order valence-electron chi connectivity index (χ0n) is 6.41. The maximum absolute atomic E-state index is 12.4. The molecule has 13 heavy (non-hydrogen) atoms. The third-order valence-electron chi connectivity index (χ3n) is 1.40. The number of benzene rings is 1. The molecule has 0 aliphatic carbocycles. The summed E-state index contributed by atoms with van der Waals surface area (Å²) in [6, 6.07) is 5.93. The number of nitro groups is 1. The summed E-state index contributed by atoms with van der Waals surface area (Å²) < 4.78 is 11.7. The van der Waals surface area contributed by atoms with Crippen molar-refractivity contribution in [1.82, 2.24) is 0 Å². The Morgan fingerprint density at radius 1 is 1.54 bits per heavy atom. The molecule has 0 aliphatic heterocycles. The minimum atomic E-state index is -0.637. The molecule has 1 aromatic rings. The normalized spacial score (nSPS) is 11.4. The van der Waals surface area contributed by atoms with Crippen molar-refractivity contribution in [3.8, 4) is 0 Å². The molecule has 0 aromatic heterocycles. The first-order valence-electron chi connectivity index (χ1n) is 3.37. The van der Waals surface area contributed by atoms with Gasteiger partial charge in [0.05, 0.1) is 10.5 Å². The molecule has 5 heteroatoms. The molecule has 0 spiro atoms. The Balaban J connectivity index is 3.20. The van der Waals surface area contributed by atoms with Crippen LogP contribution in [0.2, 0.25) is 0 Å². The topological polar surface area (TPSA) is 43.1 Å². The Morgan fingerprint density at radius 3 is 2.69 bits per heavy atom. The summed E-state index contributed by atoms with van der Waals surface area (Å²) >= 11 is 2.57. The molecular weight excluding hydrogens is 241 g/mol. The lowest BCUT2D eigenvalue weighted by Gasteiger charge is -1.95. The maximum Gasteiger partial charge on any atom is 0.276 e. The quantitative estimate of drug-likeness (QED) is 0.593. The number of para-hydroxylation sites is 1. The first-order chi connectivity index (χ1) is 6.11. The molecule has 1 rings (SSSR count). The van der Waals surface area contributed by atoms with Crippen molar-refractivity contribution in [2.45, 2.75) is 0 Å². The Morgan fingerprint density at radius 2 is 2.15 bits per heavy atom. The van der Waals surface area contributed by atoms with Crippen molar-refractivity contribution in [3.05, 3.63) is 44.7 Å². The van der Waals surface area contributed by atoms with Crippen molar-refractivity contribution in [1.29, 1.82) is 0 Å². The average Bonchev–Trinajstić information content (AvgIpc) is 2.03. The number of hydrogen-bond donors (Lipinski definition) is 0. The number of rotatable bonds is 2. The predicted molar refractivity (Wildman–Crippen MR) is 51.1 cm³/mol. The molecule has 0 amide bonds. The number of nitrogens with zero attached hydrogens (tertiary/aromatic N) is 1. The molecule has 0 fully saturated rings. The van der Waals surface area contributed by atoms with Crippen LogP contribution in [0.4, 0.5) is 10.1 Å². The van der Waals surface area contributed by atoms with Gasteiger partial charge in [0.1, 0.15) is 0 Å². The second-order valence-corrected chi connectivity index (χ2v) is 3.01. The lowest BCUT2D eigenvalue weighted by Crippen LogP contribution is -1.90. The molecular formula is C8H5BrFNO2. The first kappa shape index (κ1) is 9.85. The van der Waals surface area contributed by atoms with Crippen LogP contribution in [-0.4, -0.2) is 4.92 Å². The molecule has 0 radical (unpaired) electrons. The van der Waals surface area contributed by atoms with Gasteiger partial charge in [-0.25, -0.2) is 0 Å². The van der Waals surface area contributed by atoms with Gasteiger partial charge < -0.3 is 0 Å². The van der Waals surface area contributed by atoms with Gasteiger partial charge in [-0.3, -0.25) is 10.1 Å². The second-order valence-electron chi connectivity index (χ2n) is 2.25. The van der Waals surface area contributed by atoms with E-state index in [0.717, 1.165) is 6.08 Å². The molecule has 0 heterocycles. The highest BCUT2D eigenvalue weighted by Crippen LogP contribution is 2.22. The zero-order chi connectivity index (χ0) is 9.84. The molecule has 1 aromatic carbocycles. The van der Waals surface area contributed by atoms with Gasteiger partial charge in [-0.05, 0) is 28.1 Å². The number of halogens is 2. The highest BCUT2D eigenvalue weighted by molar-refractivity contribution is 9.11. The Hall–Kier alpha value is -1.23. The molecule has 0 unspecified atom stereocenters. The molecule has 0 aliphatic rings. The van der Waals surface area contributed by atoms with Crippen LogP contribution in [-0.2, 0) is 0 Å². The summed E-state index contributed by atoms with van der Waals surface area (Å²) in [6.07, 6.45) is 1.05. The molecule has 0 N–H and O–H groups in total. The van der Waals surface area contributed by atoms with Crippen molar-refractivity contribution in [2.24, 2.45) is 0 Å². The van der Waals surface area contributed by atoms with Gasteiger partial charge in [-0.15, -0.1) is 0 Å². The Labute approximate surface area is 82.2 Å². The van der Waals surface area contributed by atoms with E-state index in [2.05, 4.69) is 15.9 Å². The van der Waals surface area contributed by atoms with Gasteiger partial charge in [0.15, 0.2) is 4.74 Å². The highest BCUT2D eigenvalue weighted by atomic mass is 79.9. The van der Waals surface area contributed by atoms with Crippen molar-refractivity contribution < 1.29 is 9.31 Å². The van der Waals surface area contributed by atoms with E-state index in [1.165, 1.54) is 18.2 Å². The van der Waals surface area contributed by atoms with Gasteiger partial charge in [-0.1, -0.05) is 12.1 Å². The first-order valence-corrected chi connectivity index (χ1v) is 4.16. The van der Waals surface area contributed by atoms with Gasteiger partial charge in [0.2, 0.25) is 0 Å². The maximum atomic E-state index is 12.4. The molecule has 3 nitrogen and oxygen atoms in total. The monoisotopic (exact) mass is 245 g/mol. The smallest absolute Gasteiger partial charge is 0.258 e. The van der Waals surface area contributed by atoms with Gasteiger partial charge in [-0.2, -0.15) is 4.39 Å². The Bertz CT molecular complexity index is 361. The minimum Gasteiger partial charge on any atom is -0.258 e. The fourth-order valence-corrected chi connectivity index (χ4v) is 1.14. The third kappa shape index (κ3) is 2.62.